The van der Waals surface area contributed by atoms with Crippen LogP contribution in [0.3, 0.4) is 0 Å². The van der Waals surface area contributed by atoms with Gasteiger partial charge in [0.25, 0.3) is 0 Å². The van der Waals surface area contributed by atoms with Gasteiger partial charge in [0.2, 0.25) is 5.78 Å². The second kappa shape index (κ2) is 7.59. The molecule has 0 spiro atoms. The van der Waals surface area contributed by atoms with E-state index in [4.69, 9.17) is 9.47 Å². The lowest BCUT2D eigenvalue weighted by molar-refractivity contribution is -0.145. The minimum atomic E-state index is -0.960. The maximum atomic E-state index is 12.3. The van der Waals surface area contributed by atoms with Gasteiger partial charge >= 0.3 is 5.97 Å². The lowest BCUT2D eigenvalue weighted by atomic mass is 10.0. The average Bonchev–Trinajstić information content (AvgIpc) is 2.86. The molecular weight excluding hydrogens is 310 g/mol. The van der Waals surface area contributed by atoms with Gasteiger partial charge in [-0.1, -0.05) is 18.7 Å². The molecule has 0 amide bonds. The van der Waals surface area contributed by atoms with Crippen molar-refractivity contribution in [2.75, 3.05) is 20.8 Å². The first-order valence-corrected chi connectivity index (χ1v) is 7.32. The Morgan fingerprint density at radius 1 is 1.33 bits per heavy atom. The fraction of sp³-hybridized carbons (Fsp3) is 0.278. The molecule has 0 N–H and O–H groups in total. The summed E-state index contributed by atoms with van der Waals surface area (Å²) in [7, 11) is 2.78. The van der Waals surface area contributed by atoms with Crippen LogP contribution in [-0.4, -0.2) is 38.3 Å². The monoisotopic (exact) mass is 329 g/mol. The van der Waals surface area contributed by atoms with Crippen LogP contribution >= 0.6 is 0 Å². The predicted molar refractivity (Wildman–Crippen MR) is 90.3 cm³/mol. The van der Waals surface area contributed by atoms with Crippen LogP contribution in [0.5, 0.6) is 11.5 Å². The smallest absolute Gasteiger partial charge is 0.322 e. The Bertz CT molecular complexity index is 733. The minimum absolute atomic E-state index is 0.213. The van der Waals surface area contributed by atoms with Crippen LogP contribution in [0.2, 0.25) is 0 Å². The predicted octanol–water partition coefficient (Wildman–Crippen LogP) is 2.43. The maximum Gasteiger partial charge on any atom is 0.322 e. The number of carbonyl (C=O) groups is 2. The molecule has 126 valence electrons. The van der Waals surface area contributed by atoms with E-state index < -0.39 is 11.9 Å². The SMILES string of the molecule is C=CCOc1ccc(/C=C2/N=C(C)C(C(=O)OC)C2=O)cc1OC. The van der Waals surface area contributed by atoms with Crippen molar-refractivity contribution in [3.05, 3.63) is 42.1 Å². The highest BCUT2D eigenvalue weighted by atomic mass is 16.5. The van der Waals surface area contributed by atoms with E-state index in [2.05, 4.69) is 16.3 Å². The molecule has 0 bridgehead atoms. The van der Waals surface area contributed by atoms with Crippen molar-refractivity contribution in [2.24, 2.45) is 10.9 Å². The molecule has 2 rings (SSSR count). The number of nitrogens with zero attached hydrogens (tertiary/aromatic N) is 1. The third-order valence-corrected chi connectivity index (χ3v) is 3.51. The van der Waals surface area contributed by atoms with E-state index in [9.17, 15) is 9.59 Å². The number of ketones is 1. The molecule has 1 aromatic carbocycles. The third-order valence-electron chi connectivity index (χ3n) is 3.51. The van der Waals surface area contributed by atoms with E-state index in [0.717, 1.165) is 0 Å². The second-order valence-corrected chi connectivity index (χ2v) is 5.11. The van der Waals surface area contributed by atoms with Gasteiger partial charge in [-0.3, -0.25) is 14.6 Å². The van der Waals surface area contributed by atoms with Gasteiger partial charge in [-0.25, -0.2) is 0 Å². The Kier molecular flexibility index (Phi) is 5.52. The number of hydrogen-bond donors (Lipinski definition) is 0. The summed E-state index contributed by atoms with van der Waals surface area (Å²) in [6, 6.07) is 5.25. The van der Waals surface area contributed by atoms with Gasteiger partial charge in [0.15, 0.2) is 17.4 Å². The van der Waals surface area contributed by atoms with Gasteiger partial charge in [0.1, 0.15) is 12.3 Å². The number of ether oxygens (including phenoxy) is 3. The fourth-order valence-electron chi connectivity index (χ4n) is 2.35. The lowest BCUT2D eigenvalue weighted by Gasteiger charge is -2.10. The zero-order valence-corrected chi connectivity index (χ0v) is 13.9. The summed E-state index contributed by atoms with van der Waals surface area (Å²) in [5, 5.41) is 0. The number of allylic oxidation sites excluding steroid dienone is 1. The summed E-state index contributed by atoms with van der Waals surface area (Å²) < 4.78 is 15.4. The molecule has 1 aliphatic rings. The topological polar surface area (TPSA) is 74.2 Å². The first kappa shape index (κ1) is 17.5. The molecule has 0 fully saturated rings. The minimum Gasteiger partial charge on any atom is -0.493 e. The molecule has 6 nitrogen and oxygen atoms in total. The summed E-state index contributed by atoms with van der Waals surface area (Å²) in [4.78, 5) is 28.2. The van der Waals surface area contributed by atoms with Gasteiger partial charge in [-0.2, -0.15) is 0 Å². The summed E-state index contributed by atoms with van der Waals surface area (Å²) in [6.45, 7) is 5.59. The molecular formula is C18H19NO5. The highest BCUT2D eigenvalue weighted by Gasteiger charge is 2.37. The Morgan fingerprint density at radius 2 is 2.08 bits per heavy atom. The van der Waals surface area contributed by atoms with Crippen molar-refractivity contribution in [1.82, 2.24) is 0 Å². The van der Waals surface area contributed by atoms with Crippen molar-refractivity contribution in [3.8, 4) is 11.5 Å². The van der Waals surface area contributed by atoms with Crippen LogP contribution in [0, 0.1) is 5.92 Å². The largest absolute Gasteiger partial charge is 0.493 e. The Hall–Kier alpha value is -2.89. The zero-order chi connectivity index (χ0) is 17.7. The Morgan fingerprint density at radius 3 is 2.71 bits per heavy atom. The van der Waals surface area contributed by atoms with E-state index in [1.54, 1.807) is 37.3 Å². The van der Waals surface area contributed by atoms with Crippen molar-refractivity contribution in [3.63, 3.8) is 0 Å². The summed E-state index contributed by atoms with van der Waals surface area (Å²) in [6.07, 6.45) is 3.24. The highest BCUT2D eigenvalue weighted by molar-refractivity contribution is 6.28. The maximum absolute atomic E-state index is 12.3. The summed E-state index contributed by atoms with van der Waals surface area (Å²) in [5.74, 6) is -0.828. The number of aliphatic imine (C=N–C) groups is 1. The van der Waals surface area contributed by atoms with Crippen LogP contribution in [0.1, 0.15) is 12.5 Å². The quantitative estimate of drug-likeness (QED) is 0.347. The van der Waals surface area contributed by atoms with Crippen LogP contribution in [0.25, 0.3) is 6.08 Å². The van der Waals surface area contributed by atoms with Gasteiger partial charge in [0, 0.05) is 5.71 Å². The fourth-order valence-corrected chi connectivity index (χ4v) is 2.35. The first-order chi connectivity index (χ1) is 11.5. The molecule has 0 aliphatic carbocycles. The van der Waals surface area contributed by atoms with Gasteiger partial charge in [0.05, 0.1) is 14.2 Å². The van der Waals surface area contributed by atoms with Gasteiger partial charge in [-0.05, 0) is 30.7 Å². The van der Waals surface area contributed by atoms with Crippen LogP contribution in [0.4, 0.5) is 0 Å². The first-order valence-electron chi connectivity index (χ1n) is 7.32. The molecule has 0 saturated carbocycles. The number of rotatable bonds is 6. The summed E-state index contributed by atoms with van der Waals surface area (Å²) >= 11 is 0. The lowest BCUT2D eigenvalue weighted by Crippen LogP contribution is -2.27. The number of carbonyl (C=O) groups excluding carboxylic acids is 2. The molecule has 0 aromatic heterocycles. The normalized spacial score (nSPS) is 18.3. The Balaban J connectivity index is 2.30. The van der Waals surface area contributed by atoms with E-state index in [1.807, 2.05) is 0 Å². The second-order valence-electron chi connectivity index (χ2n) is 5.11. The van der Waals surface area contributed by atoms with Crippen molar-refractivity contribution < 1.29 is 23.8 Å². The molecule has 1 aliphatic heterocycles. The highest BCUT2D eigenvalue weighted by Crippen LogP contribution is 2.30. The average molecular weight is 329 g/mol. The van der Waals surface area contributed by atoms with Crippen LogP contribution in [0.15, 0.2) is 41.5 Å². The zero-order valence-electron chi connectivity index (χ0n) is 13.9. The molecule has 24 heavy (non-hydrogen) atoms. The summed E-state index contributed by atoms with van der Waals surface area (Å²) in [5.41, 5.74) is 1.35. The number of Topliss-reactive ketones (excluding diaryl/α,β-unsaturated/α-hetero) is 1. The molecule has 0 radical (unpaired) electrons. The molecule has 1 aromatic rings. The van der Waals surface area contributed by atoms with Crippen LogP contribution in [-0.2, 0) is 14.3 Å². The van der Waals surface area contributed by atoms with E-state index in [-0.39, 0.29) is 11.5 Å². The van der Waals surface area contributed by atoms with Crippen molar-refractivity contribution >= 4 is 23.5 Å². The van der Waals surface area contributed by atoms with Gasteiger partial charge < -0.3 is 14.2 Å². The number of hydrogen-bond acceptors (Lipinski definition) is 6. The molecule has 6 heteroatoms. The van der Waals surface area contributed by atoms with Gasteiger partial charge in [-0.15, -0.1) is 0 Å². The number of esters is 1. The van der Waals surface area contributed by atoms with E-state index in [1.165, 1.54) is 14.2 Å². The van der Waals surface area contributed by atoms with E-state index in [0.29, 0.717) is 29.4 Å². The van der Waals surface area contributed by atoms with Crippen LogP contribution < -0.4 is 9.47 Å². The third kappa shape index (κ3) is 3.53. The Labute approximate surface area is 140 Å². The standard InChI is InChI=1S/C18H19NO5/c1-5-8-24-14-7-6-12(10-15(14)22-3)9-13-17(20)16(11(2)19-13)18(21)23-4/h5-7,9-10,16H,1,8H2,2-4H3/b13-9+. The molecule has 1 heterocycles. The van der Waals surface area contributed by atoms with Crippen molar-refractivity contribution in [2.45, 2.75) is 6.92 Å². The van der Waals surface area contributed by atoms with E-state index >= 15 is 0 Å². The molecule has 1 atom stereocenters. The molecule has 0 saturated heterocycles. The number of benzene rings is 1. The molecule has 1 unspecified atom stereocenters. The van der Waals surface area contributed by atoms with Crippen molar-refractivity contribution in [1.29, 1.82) is 0 Å². The number of methoxy groups -OCH3 is 2.